The molecule has 1 rings (SSSR count). The van der Waals surface area contributed by atoms with Crippen LogP contribution in [0.4, 0.5) is 0 Å². The van der Waals surface area contributed by atoms with Crippen molar-refractivity contribution in [2.24, 2.45) is 0 Å². The van der Waals surface area contributed by atoms with Crippen LogP contribution in [-0.2, 0) is 0 Å². The second kappa shape index (κ2) is 3.04. The van der Waals surface area contributed by atoms with E-state index in [9.17, 15) is 0 Å². The van der Waals surface area contributed by atoms with Crippen molar-refractivity contribution in [2.75, 3.05) is 0 Å². The highest BCUT2D eigenvalue weighted by Gasteiger charge is 2.39. The van der Waals surface area contributed by atoms with Gasteiger partial charge in [-0.3, -0.25) is 5.32 Å². The Labute approximate surface area is 64.3 Å². The van der Waals surface area contributed by atoms with E-state index in [2.05, 4.69) is 5.32 Å². The first-order valence-electron chi connectivity index (χ1n) is 3.52. The summed E-state index contributed by atoms with van der Waals surface area (Å²) >= 11 is 0. The molecule has 1 aliphatic heterocycles. The third kappa shape index (κ3) is 1.52. The van der Waals surface area contributed by atoms with Gasteiger partial charge in [-0.1, -0.05) is 0 Å². The highest BCUT2D eigenvalue weighted by molar-refractivity contribution is 4.91. The van der Waals surface area contributed by atoms with E-state index in [1.807, 2.05) is 0 Å². The van der Waals surface area contributed by atoms with Crippen LogP contribution in [0.5, 0.6) is 0 Å². The van der Waals surface area contributed by atoms with E-state index in [0.717, 1.165) is 0 Å². The summed E-state index contributed by atoms with van der Waals surface area (Å²) in [6.07, 6.45) is -4.79. The highest BCUT2D eigenvalue weighted by atomic mass is 16.4. The summed E-state index contributed by atoms with van der Waals surface area (Å²) in [7, 11) is 0. The van der Waals surface area contributed by atoms with Gasteiger partial charge in [0.25, 0.3) is 0 Å². The lowest BCUT2D eigenvalue weighted by atomic mass is 9.96. The zero-order valence-corrected chi connectivity index (χ0v) is 6.18. The molecule has 0 radical (unpaired) electrons. The third-order valence-corrected chi connectivity index (χ3v) is 1.97. The molecule has 1 heterocycles. The molecule has 0 aliphatic carbocycles. The minimum Gasteiger partial charge on any atom is -0.389 e. The van der Waals surface area contributed by atoms with E-state index in [0.29, 0.717) is 0 Å². The van der Waals surface area contributed by atoms with Gasteiger partial charge in [0.2, 0.25) is 0 Å². The van der Waals surface area contributed by atoms with Crippen molar-refractivity contribution >= 4 is 0 Å². The van der Waals surface area contributed by atoms with Crippen molar-refractivity contribution in [3.8, 4) is 0 Å². The predicted octanol–water partition coefficient (Wildman–Crippen LogP) is -2.62. The average Bonchev–Trinajstić information content (AvgIpc) is 1.97. The molecule has 0 saturated carbocycles. The van der Waals surface area contributed by atoms with E-state index < -0.39 is 30.6 Å². The number of rotatable bonds is 0. The number of hydrogen-bond acceptors (Lipinski definition) is 5. The Morgan fingerprint density at radius 1 is 0.909 bits per heavy atom. The molecule has 1 fully saturated rings. The Hall–Kier alpha value is -0.200. The third-order valence-electron chi connectivity index (χ3n) is 1.97. The number of hydrogen-bond donors (Lipinski definition) is 5. The van der Waals surface area contributed by atoms with Crippen LogP contribution in [-0.4, -0.2) is 51.0 Å². The Balaban J connectivity index is 2.63. The SMILES string of the molecule is C[C@H]1N[C@H](O)[C@@H](O)[C@@H](O)[C@H]1O. The van der Waals surface area contributed by atoms with E-state index >= 15 is 0 Å². The molecule has 0 aromatic rings. The monoisotopic (exact) mass is 163 g/mol. The Morgan fingerprint density at radius 3 is 2.00 bits per heavy atom. The number of piperidine rings is 1. The molecular weight excluding hydrogens is 150 g/mol. The van der Waals surface area contributed by atoms with Crippen LogP contribution < -0.4 is 5.32 Å². The Bertz CT molecular complexity index is 129. The summed E-state index contributed by atoms with van der Waals surface area (Å²) in [5.41, 5.74) is 0. The minimum absolute atomic E-state index is 0.414. The predicted molar refractivity (Wildman–Crippen MR) is 36.6 cm³/mol. The smallest absolute Gasteiger partial charge is 0.134 e. The maximum atomic E-state index is 9.15. The molecule has 11 heavy (non-hydrogen) atoms. The summed E-state index contributed by atoms with van der Waals surface area (Å²) < 4.78 is 0. The number of nitrogens with one attached hydrogen (secondary N) is 1. The molecule has 5 N–H and O–H groups in total. The summed E-state index contributed by atoms with van der Waals surface area (Å²) in [4.78, 5) is 0. The van der Waals surface area contributed by atoms with E-state index in [1.54, 1.807) is 6.92 Å². The molecule has 5 atom stereocenters. The second-order valence-electron chi connectivity index (χ2n) is 2.87. The van der Waals surface area contributed by atoms with Gasteiger partial charge in [0.05, 0.1) is 6.10 Å². The minimum atomic E-state index is -1.32. The van der Waals surface area contributed by atoms with Gasteiger partial charge in [0.15, 0.2) is 0 Å². The van der Waals surface area contributed by atoms with Gasteiger partial charge < -0.3 is 20.4 Å². The fraction of sp³-hybridized carbons (Fsp3) is 1.00. The molecule has 0 amide bonds. The van der Waals surface area contributed by atoms with Gasteiger partial charge in [-0.05, 0) is 6.92 Å². The van der Waals surface area contributed by atoms with Crippen LogP contribution >= 0.6 is 0 Å². The Kier molecular flexibility index (Phi) is 2.46. The number of aliphatic hydroxyl groups is 4. The molecular formula is C6H13NO4. The molecule has 0 spiro atoms. The first-order valence-corrected chi connectivity index (χ1v) is 3.52. The summed E-state index contributed by atoms with van der Waals surface area (Å²) in [6.45, 7) is 1.61. The normalized spacial score (nSPS) is 52.6. The fourth-order valence-electron chi connectivity index (χ4n) is 1.15. The van der Waals surface area contributed by atoms with Gasteiger partial charge in [-0.2, -0.15) is 0 Å². The van der Waals surface area contributed by atoms with Gasteiger partial charge in [-0.25, -0.2) is 0 Å². The van der Waals surface area contributed by atoms with Crippen molar-refractivity contribution in [1.29, 1.82) is 0 Å². The second-order valence-corrected chi connectivity index (χ2v) is 2.87. The van der Waals surface area contributed by atoms with Crippen LogP contribution in [0.2, 0.25) is 0 Å². The molecule has 0 aromatic heterocycles. The summed E-state index contributed by atoms with van der Waals surface area (Å²) in [6, 6.07) is -0.414. The molecule has 0 unspecified atom stereocenters. The zero-order valence-electron chi connectivity index (χ0n) is 6.18. The van der Waals surface area contributed by atoms with E-state index in [4.69, 9.17) is 20.4 Å². The highest BCUT2D eigenvalue weighted by Crippen LogP contribution is 2.13. The molecule has 66 valence electrons. The van der Waals surface area contributed by atoms with Crippen molar-refractivity contribution in [1.82, 2.24) is 5.32 Å². The largest absolute Gasteiger partial charge is 0.389 e. The van der Waals surface area contributed by atoms with E-state index in [-0.39, 0.29) is 0 Å². The molecule has 0 aromatic carbocycles. The van der Waals surface area contributed by atoms with Gasteiger partial charge in [0, 0.05) is 6.04 Å². The lowest BCUT2D eigenvalue weighted by Gasteiger charge is -2.37. The average molecular weight is 163 g/mol. The van der Waals surface area contributed by atoms with Crippen LogP contribution in [0.1, 0.15) is 6.92 Å². The van der Waals surface area contributed by atoms with Crippen LogP contribution in [0, 0.1) is 0 Å². The van der Waals surface area contributed by atoms with Crippen LogP contribution in [0.25, 0.3) is 0 Å². The standard InChI is InChI=1S/C6H13NO4/c1-2-3(8)4(9)5(10)6(11)7-2/h2-11H,1H3/t2-,3+,4+,5+,6-/m1/s1. The summed E-state index contributed by atoms with van der Waals surface area (Å²) in [5, 5.41) is 38.8. The zero-order chi connectivity index (χ0) is 8.59. The van der Waals surface area contributed by atoms with Crippen molar-refractivity contribution < 1.29 is 20.4 Å². The van der Waals surface area contributed by atoms with Crippen LogP contribution in [0.15, 0.2) is 0 Å². The fourth-order valence-corrected chi connectivity index (χ4v) is 1.15. The molecule has 1 aliphatic rings. The van der Waals surface area contributed by atoms with Gasteiger partial charge in [0.1, 0.15) is 18.4 Å². The lowest BCUT2D eigenvalue weighted by molar-refractivity contribution is -0.154. The van der Waals surface area contributed by atoms with E-state index in [1.165, 1.54) is 0 Å². The lowest BCUT2D eigenvalue weighted by Crippen LogP contribution is -2.63. The molecule has 5 heteroatoms. The molecule has 1 saturated heterocycles. The van der Waals surface area contributed by atoms with Crippen molar-refractivity contribution in [2.45, 2.75) is 37.5 Å². The first-order chi connectivity index (χ1) is 5.04. The Morgan fingerprint density at radius 2 is 1.45 bits per heavy atom. The number of aliphatic hydroxyl groups excluding tert-OH is 4. The van der Waals surface area contributed by atoms with Gasteiger partial charge in [-0.15, -0.1) is 0 Å². The maximum Gasteiger partial charge on any atom is 0.134 e. The van der Waals surface area contributed by atoms with Crippen molar-refractivity contribution in [3.63, 3.8) is 0 Å². The molecule has 5 nitrogen and oxygen atoms in total. The topological polar surface area (TPSA) is 93.0 Å². The van der Waals surface area contributed by atoms with Crippen LogP contribution in [0.3, 0.4) is 0 Å². The first kappa shape index (κ1) is 8.89. The quantitative estimate of drug-likeness (QED) is 0.269. The van der Waals surface area contributed by atoms with Gasteiger partial charge >= 0.3 is 0 Å². The summed E-state index contributed by atoms with van der Waals surface area (Å²) in [5.74, 6) is 0. The maximum absolute atomic E-state index is 9.15. The van der Waals surface area contributed by atoms with Crippen molar-refractivity contribution in [3.05, 3.63) is 0 Å². The molecule has 0 bridgehead atoms.